The first kappa shape index (κ1) is 23.8. The molecule has 0 saturated heterocycles. The first-order chi connectivity index (χ1) is 20.3. The predicted molar refractivity (Wildman–Crippen MR) is 158 cm³/mol. The van der Waals surface area contributed by atoms with Crippen molar-refractivity contribution in [3.8, 4) is 33.4 Å². The first-order valence-electron chi connectivity index (χ1n) is 13.1. The van der Waals surface area contributed by atoms with Crippen molar-refractivity contribution >= 4 is 44.5 Å². The van der Waals surface area contributed by atoms with Crippen LogP contribution in [0, 0.1) is 20.2 Å². The molecule has 0 saturated carbocycles. The van der Waals surface area contributed by atoms with Crippen LogP contribution in [0.25, 0.3) is 54.9 Å². The summed E-state index contributed by atoms with van der Waals surface area (Å²) in [4.78, 5) is 49.3. The zero-order valence-electron chi connectivity index (χ0n) is 21.6. The molecule has 0 atom stereocenters. The average molecular weight is 549 g/mol. The fourth-order valence-corrected chi connectivity index (χ4v) is 6.47. The van der Waals surface area contributed by atoms with Crippen LogP contribution in [0.4, 0.5) is 11.4 Å². The summed E-state index contributed by atoms with van der Waals surface area (Å²) in [6, 6.07) is 27.8. The van der Waals surface area contributed by atoms with Gasteiger partial charge < -0.3 is 0 Å². The molecule has 0 amide bonds. The van der Waals surface area contributed by atoms with Crippen LogP contribution in [0.5, 0.6) is 0 Å². The second-order valence-corrected chi connectivity index (χ2v) is 10.5. The molecule has 6 aromatic carbocycles. The molecule has 6 aromatic rings. The maximum Gasteiger partial charge on any atom is 0.281 e. The first-order valence-corrected chi connectivity index (χ1v) is 13.1. The minimum Gasteiger partial charge on any atom is -0.289 e. The second kappa shape index (κ2) is 8.25. The molecular weight excluding hydrogens is 532 g/mol. The third kappa shape index (κ3) is 3.11. The van der Waals surface area contributed by atoms with Crippen molar-refractivity contribution in [1.82, 2.24) is 0 Å². The number of nitro benzene ring substituents is 2. The lowest BCUT2D eigenvalue weighted by Crippen LogP contribution is -2.13. The molecule has 0 aromatic heterocycles. The Kier molecular flexibility index (Phi) is 4.68. The zero-order valence-corrected chi connectivity index (χ0v) is 21.6. The highest BCUT2D eigenvalue weighted by atomic mass is 16.6. The minimum absolute atomic E-state index is 0.0221. The van der Waals surface area contributed by atoms with Crippen LogP contribution in [0.3, 0.4) is 0 Å². The van der Waals surface area contributed by atoms with Crippen molar-refractivity contribution < 1.29 is 19.4 Å². The highest BCUT2D eigenvalue weighted by molar-refractivity contribution is 6.29. The third-order valence-corrected chi connectivity index (χ3v) is 8.28. The fraction of sp³-hybridized carbons (Fsp3) is 0. The molecule has 2 aliphatic rings. The van der Waals surface area contributed by atoms with Crippen molar-refractivity contribution in [3.63, 3.8) is 0 Å². The van der Waals surface area contributed by atoms with E-state index in [0.29, 0.717) is 33.0 Å². The van der Waals surface area contributed by atoms with Crippen molar-refractivity contribution in [2.24, 2.45) is 0 Å². The molecule has 0 spiro atoms. The number of rotatable bonds is 3. The molecule has 198 valence electrons. The maximum atomic E-state index is 13.6. The molecule has 42 heavy (non-hydrogen) atoms. The highest BCUT2D eigenvalue weighted by Crippen LogP contribution is 2.47. The number of nitro groups is 2. The minimum atomic E-state index is -0.578. The Morgan fingerprint density at radius 2 is 1.12 bits per heavy atom. The van der Waals surface area contributed by atoms with E-state index in [1.54, 1.807) is 6.07 Å². The van der Waals surface area contributed by atoms with Crippen LogP contribution < -0.4 is 0 Å². The van der Waals surface area contributed by atoms with E-state index >= 15 is 0 Å². The summed E-state index contributed by atoms with van der Waals surface area (Å²) >= 11 is 0. The SMILES string of the molecule is O=C1c2ccccc2-c2cc(-c3cc4c5c(c([N+](=O)[O-])ccc5c3)C(=O)c3ccc([N+](=O)[O-])cc3-4)cc3cccc1c23. The van der Waals surface area contributed by atoms with Gasteiger partial charge in [-0.2, -0.15) is 0 Å². The molecule has 0 heterocycles. The van der Waals surface area contributed by atoms with Crippen molar-refractivity contribution in [1.29, 1.82) is 0 Å². The van der Waals surface area contributed by atoms with Gasteiger partial charge in [0.25, 0.3) is 11.4 Å². The number of benzene rings is 6. The van der Waals surface area contributed by atoms with Gasteiger partial charge in [-0.3, -0.25) is 29.8 Å². The van der Waals surface area contributed by atoms with Gasteiger partial charge in [0.05, 0.1) is 9.85 Å². The van der Waals surface area contributed by atoms with Crippen LogP contribution in [0.15, 0.2) is 97.1 Å². The second-order valence-electron chi connectivity index (χ2n) is 10.5. The molecule has 0 aliphatic heterocycles. The molecule has 8 rings (SSSR count). The lowest BCUT2D eigenvalue weighted by atomic mass is 9.79. The molecule has 8 heteroatoms. The van der Waals surface area contributed by atoms with E-state index in [-0.39, 0.29) is 28.3 Å². The van der Waals surface area contributed by atoms with Gasteiger partial charge in [0.15, 0.2) is 5.78 Å². The van der Waals surface area contributed by atoms with Crippen molar-refractivity contribution in [2.45, 2.75) is 0 Å². The summed E-state index contributed by atoms with van der Waals surface area (Å²) in [5.74, 6) is -0.565. The molecule has 0 fully saturated rings. The van der Waals surface area contributed by atoms with E-state index in [1.165, 1.54) is 24.3 Å². The number of hydrogen-bond donors (Lipinski definition) is 0. The Labute approximate surface area is 236 Å². The Hall–Kier alpha value is -6.02. The molecular formula is C34H16N2O6. The Balaban J connectivity index is 1.46. The number of carbonyl (C=O) groups is 2. The maximum absolute atomic E-state index is 13.6. The predicted octanol–water partition coefficient (Wildman–Crippen LogP) is 7.90. The van der Waals surface area contributed by atoms with Gasteiger partial charge in [0.1, 0.15) is 5.56 Å². The van der Waals surface area contributed by atoms with Gasteiger partial charge in [-0.05, 0) is 75.0 Å². The molecule has 0 radical (unpaired) electrons. The molecule has 2 aliphatic carbocycles. The summed E-state index contributed by atoms with van der Waals surface area (Å²) < 4.78 is 0. The smallest absolute Gasteiger partial charge is 0.281 e. The Morgan fingerprint density at radius 1 is 0.476 bits per heavy atom. The Morgan fingerprint density at radius 3 is 1.83 bits per heavy atom. The van der Waals surface area contributed by atoms with Crippen LogP contribution in [0.2, 0.25) is 0 Å². The van der Waals surface area contributed by atoms with E-state index in [4.69, 9.17) is 0 Å². The third-order valence-electron chi connectivity index (χ3n) is 8.28. The zero-order chi connectivity index (χ0) is 28.9. The number of fused-ring (bicyclic) bond motifs is 4. The molecule has 0 N–H and O–H groups in total. The topological polar surface area (TPSA) is 120 Å². The summed E-state index contributed by atoms with van der Waals surface area (Å²) in [7, 11) is 0. The standard InChI is InChI=1S/C34H16N2O6/c37-33-23-6-2-1-5-22(23)27-14-19(12-17-4-3-7-25(33)30(17)27)20-13-18-8-11-29(36(41)42)32-31(18)28(15-20)26-16-21(35(39)40)9-10-24(26)34(32)38/h1-16H. The van der Waals surface area contributed by atoms with E-state index in [1.807, 2.05) is 66.7 Å². The van der Waals surface area contributed by atoms with E-state index in [0.717, 1.165) is 33.0 Å². The van der Waals surface area contributed by atoms with Gasteiger partial charge in [-0.1, -0.05) is 42.5 Å². The summed E-state index contributed by atoms with van der Waals surface area (Å²) in [6.45, 7) is 0. The number of carbonyl (C=O) groups excluding carboxylic acids is 2. The highest BCUT2D eigenvalue weighted by Gasteiger charge is 2.34. The van der Waals surface area contributed by atoms with Crippen LogP contribution in [0.1, 0.15) is 31.8 Å². The number of nitrogens with zero attached hydrogens (tertiary/aromatic N) is 2. The van der Waals surface area contributed by atoms with Gasteiger partial charge in [0.2, 0.25) is 5.78 Å². The van der Waals surface area contributed by atoms with E-state index in [2.05, 4.69) is 0 Å². The molecule has 8 nitrogen and oxygen atoms in total. The molecule has 0 unspecified atom stereocenters. The van der Waals surface area contributed by atoms with Crippen molar-refractivity contribution in [3.05, 3.63) is 140 Å². The van der Waals surface area contributed by atoms with Gasteiger partial charge in [-0.15, -0.1) is 0 Å². The van der Waals surface area contributed by atoms with Crippen LogP contribution >= 0.6 is 0 Å². The Bertz CT molecular complexity index is 2300. The number of ketones is 2. The van der Waals surface area contributed by atoms with E-state index < -0.39 is 15.6 Å². The van der Waals surface area contributed by atoms with Crippen molar-refractivity contribution in [2.75, 3.05) is 0 Å². The lowest BCUT2D eigenvalue weighted by Gasteiger charge is -2.23. The van der Waals surface area contributed by atoms with Gasteiger partial charge in [-0.25, -0.2) is 0 Å². The quantitative estimate of drug-likeness (QED) is 0.163. The summed E-state index contributed by atoms with van der Waals surface area (Å²) in [6.07, 6.45) is 0. The monoisotopic (exact) mass is 548 g/mol. The average Bonchev–Trinajstić information content (AvgIpc) is 3.01. The van der Waals surface area contributed by atoms with Crippen LogP contribution in [-0.2, 0) is 0 Å². The lowest BCUT2D eigenvalue weighted by molar-refractivity contribution is -0.385. The summed E-state index contributed by atoms with van der Waals surface area (Å²) in [5.41, 5.74) is 5.13. The normalized spacial score (nSPS) is 12.8. The number of non-ortho nitro benzene ring substituents is 1. The van der Waals surface area contributed by atoms with Gasteiger partial charge >= 0.3 is 0 Å². The van der Waals surface area contributed by atoms with Crippen LogP contribution in [-0.4, -0.2) is 21.4 Å². The summed E-state index contributed by atoms with van der Waals surface area (Å²) in [5, 5.41) is 26.3. The number of hydrogen-bond acceptors (Lipinski definition) is 6. The van der Waals surface area contributed by atoms with E-state index in [9.17, 15) is 29.8 Å². The fourth-order valence-electron chi connectivity index (χ4n) is 6.47. The van der Waals surface area contributed by atoms with Gasteiger partial charge in [0, 0.05) is 51.2 Å². The molecule has 0 bridgehead atoms. The largest absolute Gasteiger partial charge is 0.289 e.